The van der Waals surface area contributed by atoms with Gasteiger partial charge in [-0.25, -0.2) is 4.39 Å². The van der Waals surface area contributed by atoms with Crippen LogP contribution in [0.4, 0.5) is 4.39 Å². The van der Waals surface area contributed by atoms with Gasteiger partial charge in [-0.15, -0.1) is 0 Å². The summed E-state index contributed by atoms with van der Waals surface area (Å²) in [5.74, 6) is 0.438. The Bertz CT molecular complexity index is 333. The van der Waals surface area contributed by atoms with Crippen LogP contribution in [0.25, 0.3) is 0 Å². The summed E-state index contributed by atoms with van der Waals surface area (Å²) in [6.07, 6.45) is 2.40. The Morgan fingerprint density at radius 3 is 2.82 bits per heavy atom. The molecular formula is C14H20FNO. The average molecular weight is 237 g/mol. The van der Waals surface area contributed by atoms with E-state index in [9.17, 15) is 4.39 Å². The molecule has 0 saturated carbocycles. The predicted octanol–water partition coefficient (Wildman–Crippen LogP) is 2.90. The van der Waals surface area contributed by atoms with E-state index in [1.54, 1.807) is 0 Å². The maximum absolute atomic E-state index is 12.8. The second kappa shape index (κ2) is 6.12. The standard InChI is InChI=1S/C14H20FNO/c1-11(13-4-6-14(15)7-5-13)16-9-12-3-2-8-17-10-12/h4-7,11-12,16H,2-3,8-10H2,1H3/t11-,12?/m1/s1. The van der Waals surface area contributed by atoms with Crippen molar-refractivity contribution in [3.8, 4) is 0 Å². The van der Waals surface area contributed by atoms with Gasteiger partial charge in [0.05, 0.1) is 6.61 Å². The Balaban J connectivity index is 1.80. The minimum absolute atomic E-state index is 0.179. The normalized spacial score (nSPS) is 22.4. The Morgan fingerprint density at radius 1 is 1.41 bits per heavy atom. The maximum Gasteiger partial charge on any atom is 0.123 e. The Labute approximate surface area is 102 Å². The molecule has 1 aromatic rings. The molecule has 1 saturated heterocycles. The van der Waals surface area contributed by atoms with Crippen LogP contribution in [-0.4, -0.2) is 19.8 Å². The molecule has 1 aliphatic heterocycles. The molecule has 0 aromatic heterocycles. The fourth-order valence-electron chi connectivity index (χ4n) is 2.18. The first-order valence-corrected chi connectivity index (χ1v) is 6.32. The molecule has 2 atom stereocenters. The summed E-state index contributed by atoms with van der Waals surface area (Å²) in [5, 5.41) is 3.49. The molecule has 0 spiro atoms. The first-order valence-electron chi connectivity index (χ1n) is 6.32. The van der Waals surface area contributed by atoms with E-state index in [-0.39, 0.29) is 11.9 Å². The second-order valence-electron chi connectivity index (χ2n) is 4.76. The Morgan fingerprint density at radius 2 is 2.18 bits per heavy atom. The molecule has 94 valence electrons. The quantitative estimate of drug-likeness (QED) is 0.869. The van der Waals surface area contributed by atoms with Crippen LogP contribution in [0, 0.1) is 11.7 Å². The molecule has 0 radical (unpaired) electrons. The van der Waals surface area contributed by atoms with Crippen LogP contribution >= 0.6 is 0 Å². The van der Waals surface area contributed by atoms with Crippen LogP contribution in [0.1, 0.15) is 31.4 Å². The van der Waals surface area contributed by atoms with Crippen molar-refractivity contribution in [2.45, 2.75) is 25.8 Å². The molecule has 0 bridgehead atoms. The summed E-state index contributed by atoms with van der Waals surface area (Å²) in [6, 6.07) is 6.96. The van der Waals surface area contributed by atoms with E-state index >= 15 is 0 Å². The number of hydrogen-bond donors (Lipinski definition) is 1. The SMILES string of the molecule is C[C@@H](NCC1CCCOC1)c1ccc(F)cc1. The van der Waals surface area contributed by atoms with E-state index in [0.29, 0.717) is 5.92 Å². The highest BCUT2D eigenvalue weighted by Gasteiger charge is 2.14. The zero-order valence-electron chi connectivity index (χ0n) is 10.3. The number of halogens is 1. The topological polar surface area (TPSA) is 21.3 Å². The Kier molecular flexibility index (Phi) is 4.51. The number of hydrogen-bond acceptors (Lipinski definition) is 2. The monoisotopic (exact) mass is 237 g/mol. The first kappa shape index (κ1) is 12.5. The summed E-state index contributed by atoms with van der Waals surface area (Å²) in [7, 11) is 0. The van der Waals surface area contributed by atoms with Crippen molar-refractivity contribution < 1.29 is 9.13 Å². The van der Waals surface area contributed by atoms with Gasteiger partial charge in [0.15, 0.2) is 0 Å². The lowest BCUT2D eigenvalue weighted by atomic mass is 10.0. The van der Waals surface area contributed by atoms with E-state index in [1.807, 2.05) is 12.1 Å². The van der Waals surface area contributed by atoms with Crippen molar-refractivity contribution in [1.82, 2.24) is 5.32 Å². The van der Waals surface area contributed by atoms with E-state index < -0.39 is 0 Å². The van der Waals surface area contributed by atoms with Gasteiger partial charge in [0.2, 0.25) is 0 Å². The van der Waals surface area contributed by atoms with Gasteiger partial charge in [0.1, 0.15) is 5.82 Å². The lowest BCUT2D eigenvalue weighted by Gasteiger charge is -2.24. The van der Waals surface area contributed by atoms with Gasteiger partial charge < -0.3 is 10.1 Å². The van der Waals surface area contributed by atoms with Crippen molar-refractivity contribution in [2.75, 3.05) is 19.8 Å². The second-order valence-corrected chi connectivity index (χ2v) is 4.76. The molecule has 1 unspecified atom stereocenters. The van der Waals surface area contributed by atoms with Gasteiger partial charge in [-0.1, -0.05) is 12.1 Å². The minimum atomic E-state index is -0.179. The summed E-state index contributed by atoms with van der Waals surface area (Å²) < 4.78 is 18.2. The molecule has 2 rings (SSSR count). The van der Waals surface area contributed by atoms with Crippen LogP contribution < -0.4 is 5.32 Å². The smallest absolute Gasteiger partial charge is 0.123 e. The van der Waals surface area contributed by atoms with Gasteiger partial charge >= 0.3 is 0 Å². The molecule has 1 fully saturated rings. The molecule has 0 aliphatic carbocycles. The zero-order chi connectivity index (χ0) is 12.1. The number of ether oxygens (including phenoxy) is 1. The molecule has 1 heterocycles. The lowest BCUT2D eigenvalue weighted by Crippen LogP contribution is -2.30. The highest BCUT2D eigenvalue weighted by Crippen LogP contribution is 2.16. The van der Waals surface area contributed by atoms with Crippen molar-refractivity contribution in [3.63, 3.8) is 0 Å². The first-order chi connectivity index (χ1) is 8.25. The molecule has 1 N–H and O–H groups in total. The summed E-state index contributed by atoms with van der Waals surface area (Å²) in [6.45, 7) is 4.85. The third-order valence-electron chi connectivity index (χ3n) is 3.34. The maximum atomic E-state index is 12.8. The lowest BCUT2D eigenvalue weighted by molar-refractivity contribution is 0.0540. The van der Waals surface area contributed by atoms with Crippen LogP contribution in [0.5, 0.6) is 0 Å². The number of nitrogens with one attached hydrogen (secondary N) is 1. The molecule has 17 heavy (non-hydrogen) atoms. The van der Waals surface area contributed by atoms with Crippen LogP contribution in [-0.2, 0) is 4.74 Å². The average Bonchev–Trinajstić information content (AvgIpc) is 2.38. The van der Waals surface area contributed by atoms with Crippen molar-refractivity contribution >= 4 is 0 Å². The molecule has 2 nitrogen and oxygen atoms in total. The van der Waals surface area contributed by atoms with E-state index in [2.05, 4.69) is 12.2 Å². The fraction of sp³-hybridized carbons (Fsp3) is 0.571. The molecular weight excluding hydrogens is 217 g/mol. The number of benzene rings is 1. The van der Waals surface area contributed by atoms with Crippen LogP contribution in [0.15, 0.2) is 24.3 Å². The van der Waals surface area contributed by atoms with E-state index in [0.717, 1.165) is 31.7 Å². The molecule has 1 aliphatic rings. The van der Waals surface area contributed by atoms with Gasteiger partial charge in [0.25, 0.3) is 0 Å². The minimum Gasteiger partial charge on any atom is -0.381 e. The van der Waals surface area contributed by atoms with Crippen LogP contribution in [0.2, 0.25) is 0 Å². The number of rotatable bonds is 4. The molecule has 3 heteroatoms. The van der Waals surface area contributed by atoms with Crippen molar-refractivity contribution in [2.24, 2.45) is 5.92 Å². The van der Waals surface area contributed by atoms with E-state index in [1.165, 1.54) is 18.6 Å². The van der Waals surface area contributed by atoms with Crippen LogP contribution in [0.3, 0.4) is 0 Å². The summed E-state index contributed by atoms with van der Waals surface area (Å²) >= 11 is 0. The van der Waals surface area contributed by atoms with E-state index in [4.69, 9.17) is 4.74 Å². The fourth-order valence-corrected chi connectivity index (χ4v) is 2.18. The van der Waals surface area contributed by atoms with Gasteiger partial charge in [-0.05, 0) is 43.4 Å². The van der Waals surface area contributed by atoms with Gasteiger partial charge in [0, 0.05) is 19.2 Å². The van der Waals surface area contributed by atoms with Crippen molar-refractivity contribution in [3.05, 3.63) is 35.6 Å². The largest absolute Gasteiger partial charge is 0.381 e. The van der Waals surface area contributed by atoms with Crippen molar-refractivity contribution in [1.29, 1.82) is 0 Å². The highest BCUT2D eigenvalue weighted by molar-refractivity contribution is 5.19. The zero-order valence-corrected chi connectivity index (χ0v) is 10.3. The molecule has 1 aromatic carbocycles. The molecule has 0 amide bonds. The summed E-state index contributed by atoms with van der Waals surface area (Å²) in [5.41, 5.74) is 1.13. The highest BCUT2D eigenvalue weighted by atomic mass is 19.1. The third kappa shape index (κ3) is 3.79. The Hall–Kier alpha value is -0.930. The van der Waals surface area contributed by atoms with Gasteiger partial charge in [-0.3, -0.25) is 0 Å². The van der Waals surface area contributed by atoms with Gasteiger partial charge in [-0.2, -0.15) is 0 Å². The predicted molar refractivity (Wildman–Crippen MR) is 66.4 cm³/mol. The summed E-state index contributed by atoms with van der Waals surface area (Å²) in [4.78, 5) is 0. The third-order valence-corrected chi connectivity index (χ3v) is 3.34.